The quantitative estimate of drug-likeness (QED) is 0.770. The summed E-state index contributed by atoms with van der Waals surface area (Å²) in [5, 5.41) is 5.46. The highest BCUT2D eigenvalue weighted by Crippen LogP contribution is 2.27. The Morgan fingerprint density at radius 2 is 2.00 bits per heavy atom. The first-order chi connectivity index (χ1) is 12.5. The van der Waals surface area contributed by atoms with Gasteiger partial charge in [0.05, 0.1) is 11.7 Å². The maximum Gasteiger partial charge on any atom is 0.258 e. The smallest absolute Gasteiger partial charge is 0.258 e. The van der Waals surface area contributed by atoms with E-state index in [2.05, 4.69) is 9.82 Å². The van der Waals surface area contributed by atoms with E-state index in [1.54, 1.807) is 13.1 Å². The lowest BCUT2D eigenvalue weighted by Crippen LogP contribution is -2.17. The molecule has 2 aromatic carbocycles. The van der Waals surface area contributed by atoms with Crippen LogP contribution in [0, 0.1) is 0 Å². The molecule has 1 unspecified atom stereocenters. The van der Waals surface area contributed by atoms with Crippen molar-refractivity contribution in [1.29, 1.82) is 0 Å². The van der Waals surface area contributed by atoms with Crippen LogP contribution in [0.3, 0.4) is 0 Å². The summed E-state index contributed by atoms with van der Waals surface area (Å²) >= 11 is 0. The number of benzene rings is 2. The zero-order valence-electron chi connectivity index (χ0n) is 13.9. The fourth-order valence-electron chi connectivity index (χ4n) is 3.01. The van der Waals surface area contributed by atoms with Crippen LogP contribution >= 0.6 is 0 Å². The van der Waals surface area contributed by atoms with Gasteiger partial charge in [-0.1, -0.05) is 30.3 Å². The van der Waals surface area contributed by atoms with E-state index in [0.29, 0.717) is 11.4 Å². The zero-order valence-corrected chi connectivity index (χ0v) is 14.7. The van der Waals surface area contributed by atoms with Crippen molar-refractivity contribution < 1.29 is 13.8 Å². The average Bonchev–Trinajstić information content (AvgIpc) is 3.16. The number of fused-ring (bicyclic) bond motifs is 1. The van der Waals surface area contributed by atoms with Gasteiger partial charge >= 0.3 is 0 Å². The lowest BCUT2D eigenvalue weighted by Gasteiger charge is -2.06. The van der Waals surface area contributed by atoms with E-state index >= 15 is 0 Å². The number of amides is 1. The van der Waals surface area contributed by atoms with Crippen molar-refractivity contribution in [3.8, 4) is 11.1 Å². The van der Waals surface area contributed by atoms with Gasteiger partial charge in [-0.2, -0.15) is 5.10 Å². The fourth-order valence-corrected chi connectivity index (χ4v) is 3.88. The summed E-state index contributed by atoms with van der Waals surface area (Å²) in [5.41, 5.74) is 3.75. The van der Waals surface area contributed by atoms with E-state index in [4.69, 9.17) is 0 Å². The molecule has 0 aliphatic carbocycles. The Kier molecular flexibility index (Phi) is 4.00. The van der Waals surface area contributed by atoms with Crippen molar-refractivity contribution in [2.45, 2.75) is 13.3 Å². The number of rotatable bonds is 4. The monoisotopic (exact) mass is 365 g/mol. The highest BCUT2D eigenvalue weighted by atomic mass is 32.2. The molecule has 0 saturated carbocycles. The summed E-state index contributed by atoms with van der Waals surface area (Å²) < 4.78 is 15.8. The minimum absolute atomic E-state index is 0.125. The normalized spacial score (nSPS) is 16.6. The third-order valence-corrected chi connectivity index (χ3v) is 5.19. The lowest BCUT2D eigenvalue weighted by molar-refractivity contribution is -0.116. The second kappa shape index (κ2) is 6.34. The molecular formula is C19H15N3O3S. The SMILES string of the molecule is CC(=O)Cc1cccc(-c2ccc3c(cnn3C3=CC(=O)NS3=O)c2)c1. The summed E-state index contributed by atoms with van der Waals surface area (Å²) in [6.45, 7) is 1.58. The maximum atomic E-state index is 12.0. The maximum absolute atomic E-state index is 12.0. The molecule has 0 spiro atoms. The van der Waals surface area contributed by atoms with E-state index in [0.717, 1.165) is 27.6 Å². The number of carbonyl (C=O) groups excluding carboxylic acids is 2. The van der Waals surface area contributed by atoms with E-state index < -0.39 is 11.0 Å². The van der Waals surface area contributed by atoms with Crippen LogP contribution in [0.5, 0.6) is 0 Å². The number of hydrogen-bond donors (Lipinski definition) is 1. The summed E-state index contributed by atoms with van der Waals surface area (Å²) in [7, 11) is -1.60. The number of Topliss-reactive ketones (excluding diaryl/α,β-unsaturated/α-hetero) is 1. The fraction of sp³-hybridized carbons (Fsp3) is 0.105. The van der Waals surface area contributed by atoms with Crippen LogP contribution in [0.2, 0.25) is 0 Å². The number of aromatic nitrogens is 2. The molecule has 3 aromatic rings. The Hall–Kier alpha value is -3.06. The molecule has 2 heterocycles. The van der Waals surface area contributed by atoms with Gasteiger partial charge in [-0.15, -0.1) is 0 Å². The molecule has 1 aliphatic rings. The summed E-state index contributed by atoms with van der Waals surface area (Å²) in [6, 6.07) is 13.7. The van der Waals surface area contributed by atoms with Gasteiger partial charge in [0.15, 0.2) is 16.0 Å². The third-order valence-electron chi connectivity index (χ3n) is 4.13. The topological polar surface area (TPSA) is 81.1 Å². The molecule has 0 bridgehead atoms. The molecule has 4 rings (SSSR count). The van der Waals surface area contributed by atoms with Crippen LogP contribution < -0.4 is 4.72 Å². The second-order valence-electron chi connectivity index (χ2n) is 6.13. The number of ketones is 1. The number of nitrogens with zero attached hydrogens (tertiary/aromatic N) is 2. The lowest BCUT2D eigenvalue weighted by atomic mass is 10.00. The van der Waals surface area contributed by atoms with E-state index in [-0.39, 0.29) is 11.7 Å². The molecular weight excluding hydrogens is 350 g/mol. The Morgan fingerprint density at radius 3 is 2.73 bits per heavy atom. The zero-order chi connectivity index (χ0) is 18.3. The van der Waals surface area contributed by atoms with Crippen molar-refractivity contribution in [2.75, 3.05) is 0 Å². The summed E-state index contributed by atoms with van der Waals surface area (Å²) in [6.07, 6.45) is 3.38. The Bertz CT molecular complexity index is 1110. The van der Waals surface area contributed by atoms with E-state index in [1.807, 2.05) is 42.5 Å². The van der Waals surface area contributed by atoms with Crippen LogP contribution in [0.25, 0.3) is 27.1 Å². The molecule has 1 N–H and O–H groups in total. The van der Waals surface area contributed by atoms with E-state index in [9.17, 15) is 13.8 Å². The second-order valence-corrected chi connectivity index (χ2v) is 7.29. The number of hydrogen-bond acceptors (Lipinski definition) is 4. The predicted octanol–water partition coefficient (Wildman–Crippen LogP) is 2.43. The molecule has 1 amide bonds. The van der Waals surface area contributed by atoms with Crippen LogP contribution in [0.1, 0.15) is 12.5 Å². The van der Waals surface area contributed by atoms with Gasteiger partial charge in [0.1, 0.15) is 5.78 Å². The highest BCUT2D eigenvalue weighted by Gasteiger charge is 2.23. The van der Waals surface area contributed by atoms with Crippen LogP contribution in [0.15, 0.2) is 54.7 Å². The van der Waals surface area contributed by atoms with Crippen molar-refractivity contribution in [1.82, 2.24) is 14.5 Å². The first kappa shape index (κ1) is 16.4. The van der Waals surface area contributed by atoms with Gasteiger partial charge in [0.25, 0.3) is 5.91 Å². The highest BCUT2D eigenvalue weighted by molar-refractivity contribution is 7.93. The largest absolute Gasteiger partial charge is 0.300 e. The molecule has 0 radical (unpaired) electrons. The molecule has 1 aromatic heterocycles. The van der Waals surface area contributed by atoms with Crippen LogP contribution in [-0.4, -0.2) is 25.7 Å². The first-order valence-electron chi connectivity index (χ1n) is 8.02. The minimum atomic E-state index is -1.60. The molecule has 0 saturated heterocycles. The third kappa shape index (κ3) is 2.97. The average molecular weight is 365 g/mol. The summed E-state index contributed by atoms with van der Waals surface area (Å²) in [5.74, 6) is -0.263. The van der Waals surface area contributed by atoms with Crippen molar-refractivity contribution in [2.24, 2.45) is 0 Å². The first-order valence-corrected chi connectivity index (χ1v) is 9.17. The van der Waals surface area contributed by atoms with Gasteiger partial charge in [-0.05, 0) is 35.7 Å². The van der Waals surface area contributed by atoms with Crippen LogP contribution in [0.4, 0.5) is 0 Å². The van der Waals surface area contributed by atoms with Gasteiger partial charge in [0.2, 0.25) is 0 Å². The molecule has 26 heavy (non-hydrogen) atoms. The molecule has 130 valence electrons. The number of nitrogens with one attached hydrogen (secondary N) is 1. The Balaban J connectivity index is 1.74. The molecule has 1 atom stereocenters. The van der Waals surface area contributed by atoms with Gasteiger partial charge in [-0.25, -0.2) is 8.89 Å². The molecule has 0 fully saturated rings. The van der Waals surface area contributed by atoms with Gasteiger partial charge in [0, 0.05) is 17.9 Å². The minimum Gasteiger partial charge on any atom is -0.300 e. The molecule has 1 aliphatic heterocycles. The van der Waals surface area contributed by atoms with Crippen LogP contribution in [-0.2, 0) is 27.0 Å². The standard InChI is InChI=1S/C19H15N3O3S/c1-12(23)7-13-3-2-4-14(8-13)15-5-6-17-16(9-15)11-20-22(17)19-10-18(24)21-26(19)25/h2-6,8-11H,7H2,1H3,(H,21,24). The van der Waals surface area contributed by atoms with Crippen molar-refractivity contribution >= 4 is 38.6 Å². The Morgan fingerprint density at radius 1 is 1.19 bits per heavy atom. The predicted molar refractivity (Wildman–Crippen MR) is 100 cm³/mol. The Labute approximate surface area is 152 Å². The van der Waals surface area contributed by atoms with Crippen molar-refractivity contribution in [3.05, 3.63) is 60.3 Å². The van der Waals surface area contributed by atoms with Gasteiger partial charge < -0.3 is 0 Å². The van der Waals surface area contributed by atoms with E-state index in [1.165, 1.54) is 10.8 Å². The summed E-state index contributed by atoms with van der Waals surface area (Å²) in [4.78, 5) is 22.7. The molecule has 6 nitrogen and oxygen atoms in total. The number of carbonyl (C=O) groups is 2. The van der Waals surface area contributed by atoms with Gasteiger partial charge in [-0.3, -0.25) is 14.3 Å². The van der Waals surface area contributed by atoms with Crippen molar-refractivity contribution in [3.63, 3.8) is 0 Å². The molecule has 7 heteroatoms.